The van der Waals surface area contributed by atoms with E-state index in [2.05, 4.69) is 11.8 Å². The van der Waals surface area contributed by atoms with E-state index in [-0.39, 0.29) is 0 Å². The van der Waals surface area contributed by atoms with E-state index in [1.807, 2.05) is 13.8 Å². The van der Waals surface area contributed by atoms with Crippen LogP contribution in [-0.4, -0.2) is 5.54 Å². The lowest BCUT2D eigenvalue weighted by Gasteiger charge is -2.06. The zero-order chi connectivity index (χ0) is 7.33. The summed E-state index contributed by atoms with van der Waals surface area (Å²) in [5, 5.41) is 0. The first-order valence-electron chi connectivity index (χ1n) is 2.63. The first kappa shape index (κ1) is 8.55. The molecule has 50 valence electrons. The third-order valence-electron chi connectivity index (χ3n) is 0.541. The van der Waals surface area contributed by atoms with E-state index in [1.54, 1.807) is 6.08 Å². The molecule has 0 aromatic carbocycles. The van der Waals surface area contributed by atoms with Crippen molar-refractivity contribution in [3.8, 4) is 11.8 Å². The molecular weight excluding hydrogens is 134 g/mol. The zero-order valence-electron chi connectivity index (χ0n) is 5.61. The molecule has 2 N–H and O–H groups in total. The van der Waals surface area contributed by atoms with Crippen molar-refractivity contribution in [2.45, 2.75) is 19.4 Å². The number of hydrogen-bond donors (Lipinski definition) is 1. The van der Waals surface area contributed by atoms with Gasteiger partial charge in [-0.3, -0.25) is 0 Å². The van der Waals surface area contributed by atoms with Gasteiger partial charge in [0.05, 0.1) is 5.54 Å². The Balaban J connectivity index is 3.88. The van der Waals surface area contributed by atoms with Crippen LogP contribution >= 0.6 is 11.6 Å². The molecule has 0 bridgehead atoms. The lowest BCUT2D eigenvalue weighted by Crippen LogP contribution is -2.29. The maximum atomic E-state index is 5.53. The van der Waals surface area contributed by atoms with Gasteiger partial charge in [-0.25, -0.2) is 0 Å². The van der Waals surface area contributed by atoms with Crippen molar-refractivity contribution in [1.29, 1.82) is 0 Å². The smallest absolute Gasteiger partial charge is 0.0722 e. The van der Waals surface area contributed by atoms with Gasteiger partial charge in [0.1, 0.15) is 0 Å². The molecule has 0 atom stereocenters. The summed E-state index contributed by atoms with van der Waals surface area (Å²) in [5.41, 5.74) is 6.47. The van der Waals surface area contributed by atoms with E-state index in [9.17, 15) is 0 Å². The fraction of sp³-hybridized carbons (Fsp3) is 0.429. The van der Waals surface area contributed by atoms with E-state index in [0.29, 0.717) is 0 Å². The third kappa shape index (κ3) is 7.55. The highest BCUT2D eigenvalue weighted by Gasteiger charge is 2.02. The lowest BCUT2D eigenvalue weighted by atomic mass is 10.1. The maximum Gasteiger partial charge on any atom is 0.0722 e. The minimum atomic E-state index is -0.420. The van der Waals surface area contributed by atoms with Gasteiger partial charge < -0.3 is 5.73 Å². The van der Waals surface area contributed by atoms with Gasteiger partial charge in [-0.1, -0.05) is 23.4 Å². The second kappa shape index (κ2) is 3.55. The minimum absolute atomic E-state index is 0.420. The van der Waals surface area contributed by atoms with Gasteiger partial charge in [-0.05, 0) is 19.9 Å². The molecule has 0 radical (unpaired) electrons. The van der Waals surface area contributed by atoms with Gasteiger partial charge in [-0.2, -0.15) is 0 Å². The maximum absolute atomic E-state index is 5.53. The van der Waals surface area contributed by atoms with Crippen LogP contribution in [0.5, 0.6) is 0 Å². The summed E-state index contributed by atoms with van der Waals surface area (Å²) >= 11 is 5.21. The molecule has 0 aromatic heterocycles. The van der Waals surface area contributed by atoms with E-state index < -0.39 is 5.54 Å². The zero-order valence-corrected chi connectivity index (χ0v) is 6.37. The molecule has 0 fully saturated rings. The van der Waals surface area contributed by atoms with Crippen LogP contribution in [0.1, 0.15) is 13.8 Å². The quantitative estimate of drug-likeness (QED) is 0.511. The summed E-state index contributed by atoms with van der Waals surface area (Å²) in [6.07, 6.45) is 1.55. The van der Waals surface area contributed by atoms with Crippen molar-refractivity contribution in [1.82, 2.24) is 0 Å². The largest absolute Gasteiger partial charge is 0.316 e. The second-order valence-corrected chi connectivity index (χ2v) is 2.54. The molecule has 0 aliphatic carbocycles. The molecule has 0 saturated carbocycles. The topological polar surface area (TPSA) is 26.0 Å². The van der Waals surface area contributed by atoms with Gasteiger partial charge in [0.2, 0.25) is 0 Å². The molecule has 0 unspecified atom stereocenters. The molecule has 0 aliphatic rings. The molecule has 0 aliphatic heterocycles. The summed E-state index contributed by atoms with van der Waals surface area (Å²) < 4.78 is 0. The molecule has 0 amide bonds. The van der Waals surface area contributed by atoms with Gasteiger partial charge in [0.15, 0.2) is 0 Å². The van der Waals surface area contributed by atoms with Crippen molar-refractivity contribution in [2.24, 2.45) is 5.73 Å². The molecule has 9 heavy (non-hydrogen) atoms. The van der Waals surface area contributed by atoms with Crippen molar-refractivity contribution >= 4 is 11.6 Å². The van der Waals surface area contributed by atoms with Crippen molar-refractivity contribution in [3.63, 3.8) is 0 Å². The molecule has 0 aromatic rings. The average Bonchev–Trinajstić information content (AvgIpc) is 1.63. The highest BCUT2D eigenvalue weighted by Crippen LogP contribution is 1.91. The summed E-state index contributed by atoms with van der Waals surface area (Å²) in [7, 11) is 0. The number of allylic oxidation sites excluding steroid dienone is 1. The van der Waals surface area contributed by atoms with Crippen molar-refractivity contribution in [3.05, 3.63) is 11.6 Å². The molecule has 0 saturated heterocycles. The van der Waals surface area contributed by atoms with Crippen LogP contribution in [0.3, 0.4) is 0 Å². The van der Waals surface area contributed by atoms with Crippen molar-refractivity contribution in [2.75, 3.05) is 0 Å². The summed E-state index contributed by atoms with van der Waals surface area (Å²) in [5.74, 6) is 5.47. The van der Waals surface area contributed by atoms with Gasteiger partial charge in [-0.15, -0.1) is 0 Å². The highest BCUT2D eigenvalue weighted by molar-refractivity contribution is 6.25. The van der Waals surface area contributed by atoms with E-state index >= 15 is 0 Å². The molecule has 0 spiro atoms. The van der Waals surface area contributed by atoms with Crippen LogP contribution in [0.15, 0.2) is 11.6 Å². The molecule has 2 heteroatoms. The Morgan fingerprint density at radius 1 is 1.56 bits per heavy atom. The van der Waals surface area contributed by atoms with Crippen LogP contribution < -0.4 is 5.73 Å². The van der Waals surface area contributed by atoms with Gasteiger partial charge in [0, 0.05) is 5.54 Å². The van der Waals surface area contributed by atoms with Gasteiger partial charge >= 0.3 is 0 Å². The summed E-state index contributed by atoms with van der Waals surface area (Å²) in [4.78, 5) is 0. The van der Waals surface area contributed by atoms with E-state index in [4.69, 9.17) is 17.3 Å². The Morgan fingerprint density at radius 2 is 2.11 bits per heavy atom. The Morgan fingerprint density at radius 3 is 2.44 bits per heavy atom. The normalized spacial score (nSPS) is 11.1. The predicted molar refractivity (Wildman–Crippen MR) is 41.0 cm³/mol. The Bertz CT molecular complexity index is 154. The second-order valence-electron chi connectivity index (χ2n) is 2.28. The molecule has 0 heterocycles. The summed E-state index contributed by atoms with van der Waals surface area (Å²) in [6.45, 7) is 3.67. The fourth-order valence-electron chi connectivity index (χ4n) is 0.259. The SMILES string of the molecule is CC(C)(N)C#C/C=C/Cl. The fourth-order valence-corrected chi connectivity index (χ4v) is 0.322. The predicted octanol–water partition coefficient (Wildman–Crippen LogP) is 1.48. The van der Waals surface area contributed by atoms with E-state index in [1.165, 1.54) is 5.54 Å². The third-order valence-corrected chi connectivity index (χ3v) is 0.667. The van der Waals surface area contributed by atoms with E-state index in [0.717, 1.165) is 0 Å². The Labute approximate surface area is 60.9 Å². The Kier molecular flexibility index (Phi) is 3.37. The molecular formula is C7H10ClN. The summed E-state index contributed by atoms with van der Waals surface area (Å²) in [6, 6.07) is 0. The Hall–Kier alpha value is -0.450. The van der Waals surface area contributed by atoms with Gasteiger partial charge in [0.25, 0.3) is 0 Å². The van der Waals surface area contributed by atoms with Crippen LogP contribution in [0, 0.1) is 11.8 Å². The van der Waals surface area contributed by atoms with Crippen molar-refractivity contribution < 1.29 is 0 Å². The first-order chi connectivity index (χ1) is 4.06. The standard InChI is InChI=1S/C7H10ClN/c1-7(2,9)5-3-4-6-8/h4,6H,9H2,1-2H3/b6-4+. The number of rotatable bonds is 0. The molecule has 1 nitrogen and oxygen atoms in total. The monoisotopic (exact) mass is 143 g/mol. The van der Waals surface area contributed by atoms with Crippen LogP contribution in [0.2, 0.25) is 0 Å². The number of hydrogen-bond acceptors (Lipinski definition) is 1. The first-order valence-corrected chi connectivity index (χ1v) is 3.07. The molecule has 0 rings (SSSR count). The average molecular weight is 144 g/mol. The highest BCUT2D eigenvalue weighted by atomic mass is 35.5. The number of halogens is 1. The van der Waals surface area contributed by atoms with Crippen LogP contribution in [0.4, 0.5) is 0 Å². The van der Waals surface area contributed by atoms with Crippen LogP contribution in [-0.2, 0) is 0 Å². The van der Waals surface area contributed by atoms with Crippen LogP contribution in [0.25, 0.3) is 0 Å². The lowest BCUT2D eigenvalue weighted by molar-refractivity contribution is 0.681. The number of nitrogens with two attached hydrogens (primary N) is 1. The minimum Gasteiger partial charge on any atom is -0.316 e.